The molecular formula is C14H12FNO3. The lowest BCUT2D eigenvalue weighted by atomic mass is 9.97. The second-order valence-corrected chi connectivity index (χ2v) is 4.50. The number of nitrogens with one attached hydrogen (secondary N) is 1. The van der Waals surface area contributed by atoms with Crippen LogP contribution in [0.3, 0.4) is 0 Å². The molecule has 0 saturated heterocycles. The number of furan rings is 1. The number of fused-ring (bicyclic) bond motifs is 1. The lowest BCUT2D eigenvalue weighted by Crippen LogP contribution is -2.20. The molecule has 2 aromatic rings. The fraction of sp³-hybridized carbons (Fsp3) is 0.214. The Morgan fingerprint density at radius 1 is 1.37 bits per heavy atom. The van der Waals surface area contributed by atoms with E-state index in [0.717, 1.165) is 0 Å². The topological polar surface area (TPSA) is 62.5 Å². The third kappa shape index (κ3) is 2.13. The Bertz CT molecular complexity index is 622. The molecule has 1 unspecified atom stereocenters. The number of hydrogen-bond donors (Lipinski definition) is 2. The molecule has 0 fully saturated rings. The number of anilines is 1. The molecule has 1 amide bonds. The number of amides is 1. The SMILES string of the molecule is O=C1CCc2cc(C(O)c3ccco3)cc(F)c2N1. The van der Waals surface area contributed by atoms with E-state index >= 15 is 0 Å². The average Bonchev–Trinajstić information content (AvgIpc) is 2.92. The van der Waals surface area contributed by atoms with Crippen LogP contribution in [0.4, 0.5) is 10.1 Å². The highest BCUT2D eigenvalue weighted by Gasteiger charge is 2.22. The molecule has 0 spiro atoms. The van der Waals surface area contributed by atoms with Crippen LogP contribution in [0.1, 0.15) is 29.4 Å². The molecule has 0 saturated carbocycles. The van der Waals surface area contributed by atoms with Gasteiger partial charge in [0.05, 0.1) is 12.0 Å². The van der Waals surface area contributed by atoms with E-state index in [2.05, 4.69) is 5.32 Å². The molecule has 1 aliphatic heterocycles. The summed E-state index contributed by atoms with van der Waals surface area (Å²) in [6, 6.07) is 6.21. The van der Waals surface area contributed by atoms with Crippen LogP contribution in [0.15, 0.2) is 34.9 Å². The Hall–Kier alpha value is -2.14. The number of halogens is 1. The Morgan fingerprint density at radius 3 is 2.95 bits per heavy atom. The third-order valence-corrected chi connectivity index (χ3v) is 3.21. The number of aliphatic hydroxyl groups excluding tert-OH is 1. The normalized spacial score (nSPS) is 15.8. The minimum Gasteiger partial charge on any atom is -0.466 e. The standard InChI is InChI=1S/C14H12FNO3/c15-10-7-9(14(18)11-2-1-5-19-11)6-8-3-4-12(17)16-13(8)10/h1-2,5-7,14,18H,3-4H2,(H,16,17). The van der Waals surface area contributed by atoms with E-state index < -0.39 is 11.9 Å². The Labute approximate surface area is 108 Å². The Morgan fingerprint density at radius 2 is 2.21 bits per heavy atom. The van der Waals surface area contributed by atoms with Gasteiger partial charge in [0.15, 0.2) is 0 Å². The smallest absolute Gasteiger partial charge is 0.224 e. The highest BCUT2D eigenvalue weighted by atomic mass is 19.1. The van der Waals surface area contributed by atoms with Crippen LogP contribution in [0, 0.1) is 5.82 Å². The van der Waals surface area contributed by atoms with Crippen LogP contribution in [0.2, 0.25) is 0 Å². The molecule has 98 valence electrons. The fourth-order valence-corrected chi connectivity index (χ4v) is 2.24. The van der Waals surface area contributed by atoms with E-state index in [1.54, 1.807) is 18.2 Å². The molecule has 2 N–H and O–H groups in total. The molecule has 1 aromatic carbocycles. The molecule has 1 aromatic heterocycles. The van der Waals surface area contributed by atoms with Gasteiger partial charge in [0.2, 0.25) is 5.91 Å². The fourth-order valence-electron chi connectivity index (χ4n) is 2.24. The molecule has 5 heteroatoms. The first-order valence-electron chi connectivity index (χ1n) is 5.99. The van der Waals surface area contributed by atoms with Gasteiger partial charge in [-0.15, -0.1) is 0 Å². The Kier molecular flexibility index (Phi) is 2.83. The van der Waals surface area contributed by atoms with Crippen LogP contribution >= 0.6 is 0 Å². The largest absolute Gasteiger partial charge is 0.466 e. The third-order valence-electron chi connectivity index (χ3n) is 3.21. The van der Waals surface area contributed by atoms with Crippen molar-refractivity contribution in [2.45, 2.75) is 18.9 Å². The minimum atomic E-state index is -1.01. The monoisotopic (exact) mass is 261 g/mol. The lowest BCUT2D eigenvalue weighted by molar-refractivity contribution is -0.116. The highest BCUT2D eigenvalue weighted by Crippen LogP contribution is 2.31. The van der Waals surface area contributed by atoms with E-state index in [4.69, 9.17) is 4.42 Å². The summed E-state index contributed by atoms with van der Waals surface area (Å²) in [5, 5.41) is 12.6. The van der Waals surface area contributed by atoms with Gasteiger partial charge in [0.1, 0.15) is 17.7 Å². The number of hydrogen-bond acceptors (Lipinski definition) is 3. The van der Waals surface area contributed by atoms with E-state index in [1.807, 2.05) is 0 Å². The molecule has 3 rings (SSSR count). The van der Waals surface area contributed by atoms with Crippen molar-refractivity contribution < 1.29 is 18.7 Å². The second-order valence-electron chi connectivity index (χ2n) is 4.50. The maximum Gasteiger partial charge on any atom is 0.224 e. The molecule has 2 heterocycles. The summed E-state index contributed by atoms with van der Waals surface area (Å²) in [5.74, 6) is -0.365. The van der Waals surface area contributed by atoms with Gasteiger partial charge in [-0.1, -0.05) is 6.07 Å². The van der Waals surface area contributed by atoms with Gasteiger partial charge >= 0.3 is 0 Å². The number of rotatable bonds is 2. The average molecular weight is 261 g/mol. The number of aryl methyl sites for hydroxylation is 1. The van der Waals surface area contributed by atoms with Gasteiger partial charge < -0.3 is 14.8 Å². The molecule has 1 atom stereocenters. The van der Waals surface area contributed by atoms with Crippen molar-refractivity contribution >= 4 is 11.6 Å². The zero-order valence-corrected chi connectivity index (χ0v) is 10.0. The lowest BCUT2D eigenvalue weighted by Gasteiger charge is -2.19. The Balaban J connectivity index is 2.01. The van der Waals surface area contributed by atoms with E-state index in [9.17, 15) is 14.3 Å². The van der Waals surface area contributed by atoms with E-state index in [-0.39, 0.29) is 11.6 Å². The summed E-state index contributed by atoms with van der Waals surface area (Å²) in [5.41, 5.74) is 1.33. The van der Waals surface area contributed by atoms with Crippen LogP contribution in [-0.2, 0) is 11.2 Å². The van der Waals surface area contributed by atoms with Gasteiger partial charge in [-0.3, -0.25) is 4.79 Å². The predicted octanol–water partition coefficient (Wildman–Crippen LogP) is 2.39. The van der Waals surface area contributed by atoms with Crippen molar-refractivity contribution in [2.24, 2.45) is 0 Å². The van der Waals surface area contributed by atoms with Gasteiger partial charge in [-0.25, -0.2) is 4.39 Å². The van der Waals surface area contributed by atoms with Crippen molar-refractivity contribution in [3.63, 3.8) is 0 Å². The number of aliphatic hydroxyl groups is 1. The van der Waals surface area contributed by atoms with Gasteiger partial charge in [0, 0.05) is 6.42 Å². The van der Waals surface area contributed by atoms with E-state index in [0.29, 0.717) is 29.7 Å². The highest BCUT2D eigenvalue weighted by molar-refractivity contribution is 5.94. The molecule has 0 bridgehead atoms. The van der Waals surface area contributed by atoms with Crippen LogP contribution in [0.5, 0.6) is 0 Å². The molecule has 4 nitrogen and oxygen atoms in total. The summed E-state index contributed by atoms with van der Waals surface area (Å²) in [4.78, 5) is 11.2. The second kappa shape index (κ2) is 4.51. The van der Waals surface area contributed by atoms with Crippen molar-refractivity contribution in [3.05, 3.63) is 53.2 Å². The van der Waals surface area contributed by atoms with Gasteiger partial charge in [0.25, 0.3) is 0 Å². The summed E-state index contributed by atoms with van der Waals surface area (Å²) in [6.07, 6.45) is 1.24. The van der Waals surface area contributed by atoms with Crippen LogP contribution in [0.25, 0.3) is 0 Å². The maximum atomic E-state index is 14.0. The molecule has 0 aliphatic carbocycles. The molecular weight excluding hydrogens is 249 g/mol. The van der Waals surface area contributed by atoms with Crippen LogP contribution < -0.4 is 5.32 Å². The van der Waals surface area contributed by atoms with Crippen molar-refractivity contribution in [1.82, 2.24) is 0 Å². The number of carbonyl (C=O) groups is 1. The molecule has 19 heavy (non-hydrogen) atoms. The van der Waals surface area contributed by atoms with Gasteiger partial charge in [-0.2, -0.15) is 0 Å². The van der Waals surface area contributed by atoms with Crippen molar-refractivity contribution in [2.75, 3.05) is 5.32 Å². The number of carbonyl (C=O) groups excluding carboxylic acids is 1. The van der Waals surface area contributed by atoms with Crippen molar-refractivity contribution in [3.8, 4) is 0 Å². The molecule has 1 aliphatic rings. The predicted molar refractivity (Wildman–Crippen MR) is 66.1 cm³/mol. The number of benzene rings is 1. The quantitative estimate of drug-likeness (QED) is 0.872. The molecule has 0 radical (unpaired) electrons. The minimum absolute atomic E-state index is 0.189. The summed E-state index contributed by atoms with van der Waals surface area (Å²) in [7, 11) is 0. The first-order chi connectivity index (χ1) is 9.15. The summed E-state index contributed by atoms with van der Waals surface area (Å²) in [6.45, 7) is 0. The van der Waals surface area contributed by atoms with Crippen LogP contribution in [-0.4, -0.2) is 11.0 Å². The van der Waals surface area contributed by atoms with Gasteiger partial charge in [-0.05, 0) is 35.7 Å². The zero-order valence-electron chi connectivity index (χ0n) is 10.0. The van der Waals surface area contributed by atoms with Crippen molar-refractivity contribution in [1.29, 1.82) is 0 Å². The summed E-state index contributed by atoms with van der Waals surface area (Å²) < 4.78 is 19.1. The zero-order chi connectivity index (χ0) is 13.4. The van der Waals surface area contributed by atoms with E-state index in [1.165, 1.54) is 12.3 Å². The summed E-state index contributed by atoms with van der Waals surface area (Å²) >= 11 is 0. The first-order valence-corrected chi connectivity index (χ1v) is 5.99. The maximum absolute atomic E-state index is 14.0. The first kappa shape index (κ1) is 11.9.